The highest BCUT2D eigenvalue weighted by Gasteiger charge is 2.06. The van der Waals surface area contributed by atoms with Gasteiger partial charge in [-0.05, 0) is 18.4 Å². The fourth-order valence-electron chi connectivity index (χ4n) is 1.54. The lowest BCUT2D eigenvalue weighted by Gasteiger charge is -2.15. The largest absolute Gasteiger partial charge is 0.399 e. The van der Waals surface area contributed by atoms with E-state index in [2.05, 4.69) is 26.9 Å². The standard InChI is InChI=1S/C11H15N5S/c12-9-3-1-8(2-4-9)7-15-16-10-11(17)14-6-5-13-10/h1,3-6,8,15H,2,7,12H2,(H,13,16)(H,14,17). The van der Waals surface area contributed by atoms with Crippen LogP contribution in [-0.2, 0) is 0 Å². The fraction of sp³-hybridized carbons (Fsp3) is 0.273. The van der Waals surface area contributed by atoms with Gasteiger partial charge in [0.05, 0.1) is 0 Å². The van der Waals surface area contributed by atoms with Crippen LogP contribution in [-0.4, -0.2) is 16.5 Å². The molecule has 0 saturated heterocycles. The normalized spacial score (nSPS) is 18.8. The average molecular weight is 249 g/mol. The van der Waals surface area contributed by atoms with E-state index < -0.39 is 0 Å². The van der Waals surface area contributed by atoms with E-state index in [-0.39, 0.29) is 0 Å². The lowest BCUT2D eigenvalue weighted by Crippen LogP contribution is -2.28. The molecule has 1 unspecified atom stereocenters. The van der Waals surface area contributed by atoms with Gasteiger partial charge in [-0.2, -0.15) is 0 Å². The molecule has 1 aromatic rings. The number of nitrogens with one attached hydrogen (secondary N) is 3. The summed E-state index contributed by atoms with van der Waals surface area (Å²) in [5.41, 5.74) is 12.6. The van der Waals surface area contributed by atoms with Crippen LogP contribution in [0.2, 0.25) is 0 Å². The molecule has 2 rings (SSSR count). The Bertz CT molecular complexity index is 491. The van der Waals surface area contributed by atoms with Gasteiger partial charge in [0.15, 0.2) is 5.82 Å². The molecule has 0 spiro atoms. The molecule has 0 radical (unpaired) electrons. The van der Waals surface area contributed by atoms with E-state index in [1.807, 2.05) is 12.2 Å². The van der Waals surface area contributed by atoms with Crippen LogP contribution in [0.25, 0.3) is 0 Å². The van der Waals surface area contributed by atoms with Crippen molar-refractivity contribution in [2.75, 3.05) is 12.0 Å². The predicted molar refractivity (Wildman–Crippen MR) is 70.6 cm³/mol. The lowest BCUT2D eigenvalue weighted by atomic mass is 10.00. The quantitative estimate of drug-likeness (QED) is 0.480. The Hall–Kier alpha value is -1.66. The molecule has 0 bridgehead atoms. The fourth-order valence-corrected chi connectivity index (χ4v) is 1.71. The first-order valence-electron chi connectivity index (χ1n) is 5.42. The van der Waals surface area contributed by atoms with Gasteiger partial charge in [0.1, 0.15) is 4.64 Å². The van der Waals surface area contributed by atoms with Gasteiger partial charge >= 0.3 is 0 Å². The van der Waals surface area contributed by atoms with Crippen LogP contribution in [0.1, 0.15) is 6.42 Å². The highest BCUT2D eigenvalue weighted by atomic mass is 32.1. The number of allylic oxidation sites excluding steroid dienone is 2. The van der Waals surface area contributed by atoms with E-state index in [9.17, 15) is 0 Å². The number of aromatic nitrogens is 2. The summed E-state index contributed by atoms with van der Waals surface area (Å²) in [7, 11) is 0. The van der Waals surface area contributed by atoms with Crippen LogP contribution in [0.15, 0.2) is 36.3 Å². The zero-order valence-corrected chi connectivity index (χ0v) is 10.1. The minimum atomic E-state index is 0.441. The van der Waals surface area contributed by atoms with Crippen molar-refractivity contribution >= 4 is 18.0 Å². The number of aromatic amines is 1. The van der Waals surface area contributed by atoms with Gasteiger partial charge in [-0.1, -0.05) is 24.4 Å². The minimum absolute atomic E-state index is 0.441. The molecule has 0 aliphatic heterocycles. The van der Waals surface area contributed by atoms with Gasteiger partial charge in [0.2, 0.25) is 0 Å². The molecule has 1 aliphatic carbocycles. The van der Waals surface area contributed by atoms with E-state index in [1.165, 1.54) is 0 Å². The van der Waals surface area contributed by atoms with E-state index >= 15 is 0 Å². The van der Waals surface area contributed by atoms with Crippen molar-refractivity contribution in [1.82, 2.24) is 15.4 Å². The molecule has 5 N–H and O–H groups in total. The predicted octanol–water partition coefficient (Wildman–Crippen LogP) is 1.47. The summed E-state index contributed by atoms with van der Waals surface area (Å²) in [5, 5.41) is 0. The van der Waals surface area contributed by atoms with Crippen molar-refractivity contribution in [3.63, 3.8) is 0 Å². The van der Waals surface area contributed by atoms with E-state index in [1.54, 1.807) is 12.4 Å². The second kappa shape index (κ2) is 5.60. The molecule has 17 heavy (non-hydrogen) atoms. The first-order chi connectivity index (χ1) is 8.25. The maximum Gasteiger partial charge on any atom is 0.175 e. The summed E-state index contributed by atoms with van der Waals surface area (Å²) in [5.74, 6) is 1.08. The van der Waals surface area contributed by atoms with Gasteiger partial charge < -0.3 is 16.1 Å². The topological polar surface area (TPSA) is 78.8 Å². The van der Waals surface area contributed by atoms with Gasteiger partial charge in [0.25, 0.3) is 0 Å². The summed E-state index contributed by atoms with van der Waals surface area (Å²) in [6, 6.07) is 0. The maximum atomic E-state index is 5.65. The first kappa shape index (κ1) is 11.8. The van der Waals surface area contributed by atoms with E-state index in [0.717, 1.165) is 18.7 Å². The van der Waals surface area contributed by atoms with Crippen molar-refractivity contribution in [2.45, 2.75) is 6.42 Å². The van der Waals surface area contributed by atoms with Gasteiger partial charge in [-0.25, -0.2) is 10.4 Å². The number of H-pyrrole nitrogens is 1. The molecule has 0 saturated carbocycles. The summed E-state index contributed by atoms with van der Waals surface area (Å²) >= 11 is 5.08. The molecule has 0 amide bonds. The van der Waals surface area contributed by atoms with Crippen molar-refractivity contribution in [3.05, 3.63) is 41.0 Å². The first-order valence-corrected chi connectivity index (χ1v) is 5.83. The van der Waals surface area contributed by atoms with Crippen molar-refractivity contribution in [1.29, 1.82) is 0 Å². The molecule has 6 heteroatoms. The van der Waals surface area contributed by atoms with Gasteiger partial charge in [-0.3, -0.25) is 0 Å². The molecule has 90 valence electrons. The molecule has 1 heterocycles. The Labute approximate surface area is 105 Å². The van der Waals surface area contributed by atoms with Crippen LogP contribution in [0, 0.1) is 10.6 Å². The van der Waals surface area contributed by atoms with E-state index in [0.29, 0.717) is 16.4 Å². The third-order valence-corrected chi connectivity index (χ3v) is 2.81. The van der Waals surface area contributed by atoms with Gasteiger partial charge in [-0.15, -0.1) is 0 Å². The summed E-state index contributed by atoms with van der Waals surface area (Å²) in [6.45, 7) is 0.797. The number of nitrogens with two attached hydrogens (primary N) is 1. The second-order valence-electron chi connectivity index (χ2n) is 3.83. The van der Waals surface area contributed by atoms with Crippen LogP contribution in [0.3, 0.4) is 0 Å². The van der Waals surface area contributed by atoms with Crippen molar-refractivity contribution < 1.29 is 0 Å². The summed E-state index contributed by atoms with van der Waals surface area (Å²) in [6.07, 6.45) is 10.4. The number of rotatable bonds is 4. The molecular weight excluding hydrogens is 234 g/mol. The zero-order chi connectivity index (χ0) is 12.1. The minimum Gasteiger partial charge on any atom is -0.399 e. The molecule has 0 aromatic carbocycles. The van der Waals surface area contributed by atoms with Crippen LogP contribution in [0.5, 0.6) is 0 Å². The van der Waals surface area contributed by atoms with Crippen molar-refractivity contribution in [2.24, 2.45) is 11.7 Å². The number of hydrogen-bond donors (Lipinski definition) is 4. The van der Waals surface area contributed by atoms with Crippen LogP contribution < -0.4 is 16.6 Å². The SMILES string of the molecule is NC1=CCC(CNNc2ncc[nH]c2=S)C=C1. The van der Waals surface area contributed by atoms with Crippen LogP contribution >= 0.6 is 12.2 Å². The molecule has 5 nitrogen and oxygen atoms in total. The smallest absolute Gasteiger partial charge is 0.175 e. The molecule has 1 atom stereocenters. The van der Waals surface area contributed by atoms with Gasteiger partial charge in [0, 0.05) is 24.6 Å². The van der Waals surface area contributed by atoms with Crippen LogP contribution in [0.4, 0.5) is 5.82 Å². The van der Waals surface area contributed by atoms with Crippen molar-refractivity contribution in [3.8, 4) is 0 Å². The Kier molecular flexibility index (Phi) is 3.89. The lowest BCUT2D eigenvalue weighted by molar-refractivity contribution is 0.593. The molecular formula is C11H15N5S. The maximum absolute atomic E-state index is 5.65. The number of anilines is 1. The number of nitrogens with zero attached hydrogens (tertiary/aromatic N) is 1. The third kappa shape index (κ3) is 3.40. The van der Waals surface area contributed by atoms with E-state index in [4.69, 9.17) is 18.0 Å². The monoisotopic (exact) mass is 249 g/mol. The second-order valence-corrected chi connectivity index (χ2v) is 4.24. The highest BCUT2D eigenvalue weighted by molar-refractivity contribution is 7.71. The molecule has 0 fully saturated rings. The highest BCUT2D eigenvalue weighted by Crippen LogP contribution is 2.12. The average Bonchev–Trinajstić information content (AvgIpc) is 2.34. The third-order valence-electron chi connectivity index (χ3n) is 2.50. The number of hydrogen-bond acceptors (Lipinski definition) is 5. The summed E-state index contributed by atoms with van der Waals surface area (Å²) in [4.78, 5) is 7.02. The Morgan fingerprint density at radius 3 is 3.18 bits per heavy atom. The number of hydrazine groups is 1. The summed E-state index contributed by atoms with van der Waals surface area (Å²) < 4.78 is 0.586. The molecule has 1 aromatic heterocycles. The Morgan fingerprint density at radius 2 is 2.47 bits per heavy atom. The molecule has 1 aliphatic rings. The zero-order valence-electron chi connectivity index (χ0n) is 9.31. The Morgan fingerprint density at radius 1 is 1.59 bits per heavy atom. The Balaban J connectivity index is 1.79.